The number of fused-ring (bicyclic) bond motifs is 6. The quantitative estimate of drug-likeness (QED) is 0.0502. The number of ether oxygens (including phenoxy) is 1. The van der Waals surface area contributed by atoms with Gasteiger partial charge in [-0.15, -0.1) is 0 Å². The Kier molecular flexibility index (Phi) is 27.3. The van der Waals surface area contributed by atoms with Crippen molar-refractivity contribution in [2.24, 2.45) is 0 Å². The van der Waals surface area contributed by atoms with Crippen LogP contribution in [0.1, 0.15) is 114 Å². The maximum absolute atomic E-state index is 16.6. The Morgan fingerprint density at radius 2 is 0.760 bits per heavy atom. The molecule has 3 saturated heterocycles. The van der Waals surface area contributed by atoms with E-state index in [4.69, 9.17) is 49.5 Å². The molecule has 3 fully saturated rings. The van der Waals surface area contributed by atoms with Crippen LogP contribution in [-0.2, 0) is 48.0 Å². The minimum Gasteiger partial charge on any atom is -0.512 e. The van der Waals surface area contributed by atoms with Gasteiger partial charge in [-0.25, -0.2) is 23.1 Å². The molecular formula is C88H97Cl3F3N17O10. The zero-order valence-electron chi connectivity index (χ0n) is 68.9. The zero-order chi connectivity index (χ0) is 86.4. The number of nitrogens with one attached hydrogen (secondary N) is 2. The molecule has 3 atom stereocenters. The number of aliphatic hydroxyl groups excluding tert-OH is 3. The Bertz CT molecular complexity index is 5370. The fourth-order valence-corrected chi connectivity index (χ4v) is 16.9. The molecule has 6 aromatic carbocycles. The number of allylic oxidation sites excluding steroid dienone is 6. The number of hydrogen-bond donors (Lipinski definition) is 5. The van der Waals surface area contributed by atoms with Crippen molar-refractivity contribution < 1.29 is 62.0 Å². The molecule has 121 heavy (non-hydrogen) atoms. The first kappa shape index (κ1) is 87.1. The van der Waals surface area contributed by atoms with Crippen molar-refractivity contribution in [3.05, 3.63) is 209 Å². The van der Waals surface area contributed by atoms with E-state index in [0.29, 0.717) is 138 Å². The van der Waals surface area contributed by atoms with Crippen LogP contribution in [0.25, 0.3) is 32.7 Å². The number of anilines is 5. The molecule has 9 aromatic rings. The van der Waals surface area contributed by atoms with Gasteiger partial charge in [0.2, 0.25) is 47.3 Å². The van der Waals surface area contributed by atoms with E-state index in [1.807, 2.05) is 99.3 Å². The predicted molar refractivity (Wildman–Crippen MR) is 462 cm³/mol. The average molecular weight is 1720 g/mol. The lowest BCUT2D eigenvalue weighted by atomic mass is 9.82. The predicted octanol–water partition coefficient (Wildman–Crippen LogP) is 12.7. The number of halogens is 6. The highest BCUT2D eigenvalue weighted by Crippen LogP contribution is 2.47. The van der Waals surface area contributed by atoms with Gasteiger partial charge in [-0.1, -0.05) is 115 Å². The lowest BCUT2D eigenvalue weighted by Gasteiger charge is -2.36. The monoisotopic (exact) mass is 1710 g/mol. The maximum atomic E-state index is 16.6. The summed E-state index contributed by atoms with van der Waals surface area (Å²) in [7, 11) is 10.1. The van der Waals surface area contributed by atoms with Crippen molar-refractivity contribution in [1.29, 1.82) is 0 Å². The molecule has 6 aliphatic rings. The van der Waals surface area contributed by atoms with E-state index >= 15 is 13.2 Å². The van der Waals surface area contributed by atoms with Gasteiger partial charge in [0, 0.05) is 252 Å². The first-order valence-electron chi connectivity index (χ1n) is 40.2. The van der Waals surface area contributed by atoms with Crippen LogP contribution < -0.4 is 30.1 Å². The van der Waals surface area contributed by atoms with E-state index in [1.165, 1.54) is 21.6 Å². The lowest BCUT2D eigenvalue weighted by molar-refractivity contribution is -0.131. The third-order valence-electron chi connectivity index (χ3n) is 22.5. The van der Waals surface area contributed by atoms with Crippen LogP contribution in [0, 0.1) is 17.5 Å². The number of carbonyl (C=O) groups excluding carboxylic acids is 6. The minimum atomic E-state index is -0.631. The van der Waals surface area contributed by atoms with Crippen LogP contribution in [0.2, 0.25) is 15.1 Å². The Labute approximate surface area is 714 Å². The van der Waals surface area contributed by atoms with Crippen LogP contribution >= 0.6 is 34.8 Å². The van der Waals surface area contributed by atoms with Crippen molar-refractivity contribution in [3.8, 4) is 6.01 Å². The standard InChI is InChI=1S/C30H34ClFN6O3.C29H32ClFN6O3.C29H31ClFN5O4/c1-4-24(40)37-11-13-38(14-12-37)29-22-17-23(31)26(21-16-19(39)15-18-7-5-6-8-20(18)21)27(32)28(22)34-30(35-29)33-10-9-25(41)36(2)3;1-17(38)36-10-12-37(13-11-36)28-22-16-23(30)25(21-15-19(39)14-18-6-4-5-7-20(18)21)26(31)27(22)33-29(34-28)32-9-8-24(40)35(2)3;1-17(37)35-9-11-36(12-10-35)28-22-16-23(30)25(21-15-19(38)14-18-6-4-5-7-20(18)21)26(31)27(22)32-29(33-28)40-13-8-24(39)34(2)3/h5-8,16-17,21,39H,4,9-15H2,1-3H3,(H,33,34,35);4-7,15-16,21,39H,8-14H2,1-3H3,(H,32,33,34);4-7,15-16,21,38H,8-14H2,1-3H3/t3*21-/m111/s1. The highest BCUT2D eigenvalue weighted by Gasteiger charge is 2.36. The molecule has 3 aliphatic carbocycles. The van der Waals surface area contributed by atoms with E-state index < -0.39 is 35.2 Å². The molecule has 0 spiro atoms. The van der Waals surface area contributed by atoms with Crippen LogP contribution in [0.15, 0.2) is 127 Å². The number of nitrogens with zero attached hydrogens (tertiary/aromatic N) is 15. The second-order valence-electron chi connectivity index (χ2n) is 31.1. The van der Waals surface area contributed by atoms with Gasteiger partial charge in [-0.3, -0.25) is 28.8 Å². The molecule has 15 rings (SSSR count). The fourth-order valence-electron chi connectivity index (χ4n) is 16.0. The van der Waals surface area contributed by atoms with E-state index in [0.717, 1.165) is 33.4 Å². The van der Waals surface area contributed by atoms with Gasteiger partial charge < -0.3 is 74.8 Å². The SMILES string of the molecule is CC(=O)N1CCN(c2nc(NCCC(=O)N(C)C)nc3c(F)c([C@@H]4C=C(O)Cc5ccccc54)c(Cl)cc23)CC1.CC(=O)N1CCN(c2nc(OCCC(=O)N(C)C)nc3c(F)c([C@@H]4C=C(O)Cc5ccccc54)c(Cl)cc23)CC1.CCC(=O)N1CCN(c2nc(NCCC(=O)N(C)C)nc3c(F)c([C@@H]4C=C(O)Cc5ccccc54)c(Cl)cc23)CC1. The fraction of sp³-hybridized carbons (Fsp3) is 0.386. The summed E-state index contributed by atoms with van der Waals surface area (Å²) in [6.45, 7) is 11.6. The summed E-state index contributed by atoms with van der Waals surface area (Å²) in [6.07, 6.45) is 6.98. The molecule has 27 nitrogen and oxygen atoms in total. The van der Waals surface area contributed by atoms with Crippen molar-refractivity contribution >= 4 is 132 Å². The van der Waals surface area contributed by atoms with Crippen LogP contribution in [-0.4, -0.2) is 251 Å². The van der Waals surface area contributed by atoms with Gasteiger partial charge in [-0.05, 0) is 69.8 Å². The summed E-state index contributed by atoms with van der Waals surface area (Å²) in [4.78, 5) is 115. The molecule has 3 aliphatic heterocycles. The van der Waals surface area contributed by atoms with Gasteiger partial charge >= 0.3 is 6.01 Å². The highest BCUT2D eigenvalue weighted by molar-refractivity contribution is 6.33. The topological polar surface area (TPSA) is 303 Å². The van der Waals surface area contributed by atoms with Crippen molar-refractivity contribution in [1.82, 2.24) is 59.3 Å². The van der Waals surface area contributed by atoms with Crippen LogP contribution in [0.5, 0.6) is 6.01 Å². The number of benzene rings is 6. The van der Waals surface area contributed by atoms with E-state index in [9.17, 15) is 44.1 Å². The molecule has 6 heterocycles. The summed E-state index contributed by atoms with van der Waals surface area (Å²) >= 11 is 20.4. The second kappa shape index (κ2) is 37.9. The normalized spacial score (nSPS) is 16.9. The molecular weight excluding hydrogens is 1620 g/mol. The van der Waals surface area contributed by atoms with Crippen LogP contribution in [0.4, 0.5) is 42.5 Å². The maximum Gasteiger partial charge on any atom is 0.319 e. The smallest absolute Gasteiger partial charge is 0.319 e. The molecule has 0 saturated carbocycles. The molecule has 3 aromatic heterocycles. The van der Waals surface area contributed by atoms with Gasteiger partial charge in [0.1, 0.15) is 40.6 Å². The number of piperazine rings is 3. The number of carbonyl (C=O) groups is 6. The summed E-state index contributed by atoms with van der Waals surface area (Å²) in [5.41, 5.74) is 6.19. The third kappa shape index (κ3) is 19.4. The summed E-state index contributed by atoms with van der Waals surface area (Å²) in [5, 5.41) is 39.5. The van der Waals surface area contributed by atoms with Crippen molar-refractivity contribution in [2.45, 2.75) is 83.5 Å². The first-order valence-corrected chi connectivity index (χ1v) is 41.3. The van der Waals surface area contributed by atoms with E-state index in [1.54, 1.807) is 95.4 Å². The third-order valence-corrected chi connectivity index (χ3v) is 23.5. The minimum absolute atomic E-state index is 0.00270. The van der Waals surface area contributed by atoms with E-state index in [2.05, 4.69) is 30.6 Å². The number of aromatic nitrogens is 6. The molecule has 0 unspecified atom stereocenters. The molecule has 33 heteroatoms. The molecule has 0 radical (unpaired) electrons. The van der Waals surface area contributed by atoms with Gasteiger partial charge in [0.15, 0.2) is 17.5 Å². The number of aliphatic hydroxyl groups is 3. The Balaban J connectivity index is 0.000000157. The first-order chi connectivity index (χ1) is 57.9. The molecule has 6 amide bonds. The Morgan fingerprint density at radius 1 is 0.446 bits per heavy atom. The molecule has 636 valence electrons. The second-order valence-corrected chi connectivity index (χ2v) is 32.3. The van der Waals surface area contributed by atoms with Crippen molar-refractivity contribution in [2.75, 3.05) is 166 Å². The van der Waals surface area contributed by atoms with E-state index in [-0.39, 0.29) is 158 Å². The number of hydrogen-bond acceptors (Lipinski definition) is 21. The highest BCUT2D eigenvalue weighted by atomic mass is 35.5. The molecule has 0 bridgehead atoms. The summed E-state index contributed by atoms with van der Waals surface area (Å²) in [6, 6.07) is 27.7. The van der Waals surface area contributed by atoms with Gasteiger partial charge in [-0.2, -0.15) is 19.9 Å². The lowest BCUT2D eigenvalue weighted by Crippen LogP contribution is -2.49. The number of rotatable bonds is 19. The van der Waals surface area contributed by atoms with Crippen molar-refractivity contribution in [3.63, 3.8) is 0 Å². The van der Waals surface area contributed by atoms with Gasteiger partial charge in [0.25, 0.3) is 0 Å². The van der Waals surface area contributed by atoms with Gasteiger partial charge in [0.05, 0.1) is 23.7 Å². The number of amides is 6. The summed E-state index contributed by atoms with van der Waals surface area (Å²) < 4.78 is 55.4. The zero-order valence-corrected chi connectivity index (χ0v) is 71.1. The summed E-state index contributed by atoms with van der Waals surface area (Å²) in [5.74, 6) is -1.47. The molecule has 5 N–H and O–H groups in total. The largest absolute Gasteiger partial charge is 0.512 e. The Morgan fingerprint density at radius 3 is 1.09 bits per heavy atom. The Hall–Kier alpha value is -11.8. The average Bonchev–Trinajstić information content (AvgIpc) is 0.753. The van der Waals surface area contributed by atoms with Crippen LogP contribution in [0.3, 0.4) is 0 Å².